The van der Waals surface area contributed by atoms with E-state index in [0.29, 0.717) is 5.92 Å². The van der Waals surface area contributed by atoms with Crippen LogP contribution in [0.25, 0.3) is 0 Å². The molecule has 0 amide bonds. The molecule has 2 heterocycles. The van der Waals surface area contributed by atoms with Crippen molar-refractivity contribution >= 4 is 23.1 Å². The molecule has 2 fully saturated rings. The Bertz CT molecular complexity index is 477. The molecule has 1 aromatic heterocycles. The molecule has 1 aliphatic carbocycles. The predicted molar refractivity (Wildman–Crippen MR) is 89.8 cm³/mol. The van der Waals surface area contributed by atoms with Crippen LogP contribution >= 0.6 is 23.1 Å². The fourth-order valence-corrected chi connectivity index (χ4v) is 6.07. The lowest BCUT2D eigenvalue weighted by molar-refractivity contribution is 0.126. The smallest absolute Gasteiger partial charge is 0.114 e. The van der Waals surface area contributed by atoms with Gasteiger partial charge in [-0.1, -0.05) is 27.7 Å². The van der Waals surface area contributed by atoms with E-state index in [1.807, 2.05) is 11.3 Å². The highest BCUT2D eigenvalue weighted by atomic mass is 32.2. The summed E-state index contributed by atoms with van der Waals surface area (Å²) in [6.45, 7) is 9.33. The van der Waals surface area contributed by atoms with Gasteiger partial charge in [0.2, 0.25) is 0 Å². The predicted octanol–water partition coefficient (Wildman–Crippen LogP) is 4.38. The van der Waals surface area contributed by atoms with Gasteiger partial charge in [0.25, 0.3) is 0 Å². The minimum absolute atomic E-state index is 0.0783. The van der Waals surface area contributed by atoms with E-state index in [1.54, 1.807) is 0 Å². The molecule has 0 bridgehead atoms. The molecular formula is C16H26N2S2. The van der Waals surface area contributed by atoms with Gasteiger partial charge in [-0.3, -0.25) is 0 Å². The molecule has 0 spiro atoms. The van der Waals surface area contributed by atoms with Crippen LogP contribution in [0.3, 0.4) is 0 Å². The normalized spacial score (nSPS) is 29.9. The molecular weight excluding hydrogens is 284 g/mol. The fraction of sp³-hybridized carbons (Fsp3) is 0.812. The summed E-state index contributed by atoms with van der Waals surface area (Å²) in [5.74, 6) is 2.97. The van der Waals surface area contributed by atoms with Crippen molar-refractivity contribution in [2.24, 2.45) is 5.41 Å². The molecule has 20 heavy (non-hydrogen) atoms. The first-order chi connectivity index (χ1) is 9.45. The van der Waals surface area contributed by atoms with Crippen LogP contribution in [0.4, 0.5) is 0 Å². The summed E-state index contributed by atoms with van der Waals surface area (Å²) in [4.78, 5) is 5.02. The minimum Gasteiger partial charge on any atom is -0.301 e. The van der Waals surface area contributed by atoms with Crippen LogP contribution < -0.4 is 5.32 Å². The SMILES string of the molecule is CC(C)c1csc(C2(NC3CC3)CSCCC2(C)C)n1. The van der Waals surface area contributed by atoms with Gasteiger partial charge < -0.3 is 5.32 Å². The van der Waals surface area contributed by atoms with Gasteiger partial charge in [-0.25, -0.2) is 4.98 Å². The highest BCUT2D eigenvalue weighted by Gasteiger charge is 2.52. The Labute approximate surface area is 131 Å². The van der Waals surface area contributed by atoms with Crippen molar-refractivity contribution in [2.75, 3.05) is 11.5 Å². The molecule has 1 aliphatic heterocycles. The highest BCUT2D eigenvalue weighted by molar-refractivity contribution is 7.99. The Morgan fingerprint density at radius 2 is 2.10 bits per heavy atom. The lowest BCUT2D eigenvalue weighted by Crippen LogP contribution is -2.58. The van der Waals surface area contributed by atoms with Crippen LogP contribution in [-0.4, -0.2) is 22.5 Å². The van der Waals surface area contributed by atoms with Gasteiger partial charge in [0, 0.05) is 17.2 Å². The second-order valence-corrected chi connectivity index (χ2v) is 9.21. The van der Waals surface area contributed by atoms with Crippen molar-refractivity contribution in [3.05, 3.63) is 16.1 Å². The molecule has 3 rings (SSSR count). The van der Waals surface area contributed by atoms with Crippen LogP contribution in [0.15, 0.2) is 5.38 Å². The quantitative estimate of drug-likeness (QED) is 0.893. The van der Waals surface area contributed by atoms with Gasteiger partial charge in [-0.15, -0.1) is 11.3 Å². The third kappa shape index (κ3) is 2.55. The Hall–Kier alpha value is -0.0600. The molecule has 0 aromatic carbocycles. The van der Waals surface area contributed by atoms with Crippen molar-refractivity contribution in [2.45, 2.75) is 64.5 Å². The van der Waals surface area contributed by atoms with Crippen LogP contribution in [0, 0.1) is 5.41 Å². The van der Waals surface area contributed by atoms with E-state index in [2.05, 4.69) is 50.2 Å². The van der Waals surface area contributed by atoms with E-state index < -0.39 is 0 Å². The van der Waals surface area contributed by atoms with Crippen molar-refractivity contribution in [3.63, 3.8) is 0 Å². The number of hydrogen-bond acceptors (Lipinski definition) is 4. The number of nitrogens with one attached hydrogen (secondary N) is 1. The van der Waals surface area contributed by atoms with Crippen molar-refractivity contribution in [1.82, 2.24) is 10.3 Å². The molecule has 4 heteroatoms. The van der Waals surface area contributed by atoms with Crippen molar-refractivity contribution < 1.29 is 0 Å². The number of nitrogens with zero attached hydrogens (tertiary/aromatic N) is 1. The van der Waals surface area contributed by atoms with Gasteiger partial charge in [0.15, 0.2) is 0 Å². The number of thiazole rings is 1. The average Bonchev–Trinajstić information content (AvgIpc) is 3.04. The van der Waals surface area contributed by atoms with E-state index in [-0.39, 0.29) is 11.0 Å². The highest BCUT2D eigenvalue weighted by Crippen LogP contribution is 2.51. The summed E-state index contributed by atoms with van der Waals surface area (Å²) in [5, 5.41) is 7.59. The summed E-state index contributed by atoms with van der Waals surface area (Å²) in [5.41, 5.74) is 1.62. The summed E-state index contributed by atoms with van der Waals surface area (Å²) in [6.07, 6.45) is 3.95. The molecule has 1 unspecified atom stereocenters. The van der Waals surface area contributed by atoms with E-state index in [1.165, 1.54) is 41.5 Å². The van der Waals surface area contributed by atoms with Crippen LogP contribution in [0.5, 0.6) is 0 Å². The first-order valence-electron chi connectivity index (χ1n) is 7.76. The van der Waals surface area contributed by atoms with E-state index >= 15 is 0 Å². The third-order valence-electron chi connectivity index (χ3n) is 4.85. The average molecular weight is 311 g/mol. The first kappa shape index (κ1) is 14.9. The molecule has 112 valence electrons. The summed E-state index contributed by atoms with van der Waals surface area (Å²) in [7, 11) is 0. The topological polar surface area (TPSA) is 24.9 Å². The number of rotatable bonds is 4. The summed E-state index contributed by atoms with van der Waals surface area (Å²) < 4.78 is 0. The van der Waals surface area contributed by atoms with E-state index in [9.17, 15) is 0 Å². The van der Waals surface area contributed by atoms with E-state index in [0.717, 1.165) is 6.04 Å². The second-order valence-electron chi connectivity index (χ2n) is 7.24. The molecule has 1 saturated carbocycles. The monoisotopic (exact) mass is 310 g/mol. The van der Waals surface area contributed by atoms with Crippen LogP contribution in [0.1, 0.15) is 63.6 Å². The Morgan fingerprint density at radius 3 is 2.65 bits per heavy atom. The summed E-state index contributed by atoms with van der Waals surface area (Å²) in [6, 6.07) is 0.722. The van der Waals surface area contributed by atoms with Crippen LogP contribution in [-0.2, 0) is 5.54 Å². The Morgan fingerprint density at radius 1 is 1.35 bits per heavy atom. The minimum atomic E-state index is 0.0783. The fourth-order valence-electron chi connectivity index (χ4n) is 2.93. The van der Waals surface area contributed by atoms with Crippen molar-refractivity contribution in [3.8, 4) is 0 Å². The van der Waals surface area contributed by atoms with Gasteiger partial charge in [0.05, 0.1) is 11.2 Å². The summed E-state index contributed by atoms with van der Waals surface area (Å²) >= 11 is 3.96. The number of aromatic nitrogens is 1. The van der Waals surface area contributed by atoms with Crippen LogP contribution in [0.2, 0.25) is 0 Å². The molecule has 1 N–H and O–H groups in total. The molecule has 1 atom stereocenters. The van der Waals surface area contributed by atoms with Gasteiger partial charge >= 0.3 is 0 Å². The van der Waals surface area contributed by atoms with Gasteiger partial charge in [-0.2, -0.15) is 11.8 Å². The maximum Gasteiger partial charge on any atom is 0.114 e. The molecule has 0 radical (unpaired) electrons. The van der Waals surface area contributed by atoms with E-state index in [4.69, 9.17) is 4.98 Å². The molecule has 2 aliphatic rings. The standard InChI is InChI=1S/C16H26N2S2/c1-11(2)13-9-20-14(17-13)16(18-12-5-6-12)10-19-8-7-15(16,3)4/h9,11-12,18H,5-8,10H2,1-4H3. The lowest BCUT2D eigenvalue weighted by Gasteiger charge is -2.49. The van der Waals surface area contributed by atoms with Crippen molar-refractivity contribution in [1.29, 1.82) is 0 Å². The first-order valence-corrected chi connectivity index (χ1v) is 9.79. The maximum atomic E-state index is 5.02. The molecule has 1 saturated heterocycles. The zero-order chi connectivity index (χ0) is 14.4. The molecule has 1 aromatic rings. The zero-order valence-electron chi connectivity index (χ0n) is 13.0. The third-order valence-corrected chi connectivity index (χ3v) is 7.00. The maximum absolute atomic E-state index is 5.02. The largest absolute Gasteiger partial charge is 0.301 e. The Balaban J connectivity index is 1.99. The Kier molecular flexibility index (Phi) is 3.93. The number of hydrogen-bond donors (Lipinski definition) is 1. The second kappa shape index (κ2) is 5.29. The number of thioether (sulfide) groups is 1. The molecule has 2 nitrogen and oxygen atoms in total. The zero-order valence-corrected chi connectivity index (χ0v) is 14.7. The van der Waals surface area contributed by atoms with Gasteiger partial charge in [-0.05, 0) is 36.3 Å². The van der Waals surface area contributed by atoms with Gasteiger partial charge in [0.1, 0.15) is 5.01 Å². The lowest BCUT2D eigenvalue weighted by atomic mass is 9.71.